The van der Waals surface area contributed by atoms with Crippen LogP contribution in [0.3, 0.4) is 0 Å². The van der Waals surface area contributed by atoms with Crippen LogP contribution in [0.1, 0.15) is 36.5 Å². The number of benzene rings is 2. The van der Waals surface area contributed by atoms with Crippen LogP contribution in [-0.2, 0) is 0 Å². The summed E-state index contributed by atoms with van der Waals surface area (Å²) >= 11 is 12.2. The second-order valence-electron chi connectivity index (χ2n) is 5.13. The number of carbonyl (C=O) groups excluding carboxylic acids is 1. The Kier molecular flexibility index (Phi) is 10.1. The van der Waals surface area contributed by atoms with Crippen molar-refractivity contribution in [3.63, 3.8) is 0 Å². The van der Waals surface area contributed by atoms with E-state index < -0.39 is 0 Å². The maximum absolute atomic E-state index is 12.4. The van der Waals surface area contributed by atoms with E-state index in [9.17, 15) is 4.79 Å². The first kappa shape index (κ1) is 21.6. The molecule has 0 heterocycles. The predicted molar refractivity (Wildman–Crippen MR) is 106 cm³/mol. The van der Waals surface area contributed by atoms with E-state index in [0.717, 1.165) is 24.1 Å². The maximum atomic E-state index is 12.4. The zero-order chi connectivity index (χ0) is 16.7. The molecule has 2 aromatic rings. The van der Waals surface area contributed by atoms with Gasteiger partial charge in [0.25, 0.3) is 0 Å². The number of hydrogen-bond donors (Lipinski definition) is 0. The molecule has 0 aliphatic carbocycles. The number of hydrogen-bond acceptors (Lipinski definition) is 2. The van der Waals surface area contributed by atoms with E-state index in [-0.39, 0.29) is 33.0 Å². The molecule has 6 heteroatoms. The summed E-state index contributed by atoms with van der Waals surface area (Å²) in [5, 5.41) is 1.73. The van der Waals surface area contributed by atoms with Crippen LogP contribution in [0.25, 0.3) is 0 Å². The van der Waals surface area contributed by atoms with Gasteiger partial charge in [0.2, 0.25) is 0 Å². The number of rotatable bonds is 8. The second kappa shape index (κ2) is 11.2. The van der Waals surface area contributed by atoms with Gasteiger partial charge in [-0.25, -0.2) is 0 Å². The summed E-state index contributed by atoms with van der Waals surface area (Å²) in [6, 6.07) is 12.7. The summed E-state index contributed by atoms with van der Waals surface area (Å²) in [6.07, 6.45) is 3.41. The standard InChI is InChI=1S/C18H19Cl2O2P.Li/c1-2-3-4-12-22-13-8-10-14(11-9-13)23-18(21)17-15(19)6-5-7-16(17)20;/h5-11,23H,2-4,12H2,1H3;. The molecule has 1 unspecified atom stereocenters. The minimum absolute atomic E-state index is 0. The van der Waals surface area contributed by atoms with Crippen LogP contribution in [0.15, 0.2) is 42.5 Å². The first-order chi connectivity index (χ1) is 11.1. The molecule has 0 saturated heterocycles. The molecule has 0 aromatic heterocycles. The van der Waals surface area contributed by atoms with Gasteiger partial charge in [-0.3, -0.25) is 4.79 Å². The van der Waals surface area contributed by atoms with E-state index in [4.69, 9.17) is 27.9 Å². The Morgan fingerprint density at radius 2 is 1.67 bits per heavy atom. The van der Waals surface area contributed by atoms with E-state index in [1.807, 2.05) is 24.3 Å². The van der Waals surface area contributed by atoms with Gasteiger partial charge in [-0.05, 0) is 44.6 Å². The van der Waals surface area contributed by atoms with Crippen molar-refractivity contribution in [1.29, 1.82) is 0 Å². The Labute approximate surface area is 167 Å². The molecule has 0 spiro atoms. The summed E-state index contributed by atoms with van der Waals surface area (Å²) in [7, 11) is -0.0162. The summed E-state index contributed by atoms with van der Waals surface area (Å²) in [5.41, 5.74) is 0.339. The zero-order valence-electron chi connectivity index (χ0n) is 13.9. The molecule has 0 N–H and O–H groups in total. The van der Waals surface area contributed by atoms with E-state index in [2.05, 4.69) is 6.92 Å². The molecular weight excluding hydrogens is 357 g/mol. The topological polar surface area (TPSA) is 26.3 Å². The average molecular weight is 376 g/mol. The number of unbranched alkanes of at least 4 members (excludes halogenated alkanes) is 2. The van der Waals surface area contributed by atoms with Gasteiger partial charge >= 0.3 is 0 Å². The molecule has 1 atom stereocenters. The fourth-order valence-electron chi connectivity index (χ4n) is 2.08. The molecule has 0 fully saturated rings. The minimum atomic E-state index is -0.0581. The monoisotopic (exact) mass is 375 g/mol. The summed E-state index contributed by atoms with van der Waals surface area (Å²) < 4.78 is 5.67. The van der Waals surface area contributed by atoms with Gasteiger partial charge in [0.1, 0.15) is 5.75 Å². The number of carbonyl (C=O) groups is 1. The van der Waals surface area contributed by atoms with Crippen LogP contribution in [-0.4, -0.2) is 31.0 Å². The Bertz CT molecular complexity index is 642. The molecule has 0 bridgehead atoms. The van der Waals surface area contributed by atoms with Gasteiger partial charge in [0.05, 0.1) is 22.2 Å². The van der Waals surface area contributed by atoms with Crippen molar-refractivity contribution in [2.45, 2.75) is 26.2 Å². The third-order valence-corrected chi connectivity index (χ3v) is 5.05. The van der Waals surface area contributed by atoms with Gasteiger partial charge in [-0.15, -0.1) is 0 Å². The number of halogens is 2. The molecule has 0 aliphatic heterocycles. The van der Waals surface area contributed by atoms with Crippen LogP contribution in [0.2, 0.25) is 10.0 Å². The third kappa shape index (κ3) is 6.44. The van der Waals surface area contributed by atoms with E-state index in [1.54, 1.807) is 18.2 Å². The molecule has 24 heavy (non-hydrogen) atoms. The van der Waals surface area contributed by atoms with Gasteiger partial charge < -0.3 is 4.74 Å². The van der Waals surface area contributed by atoms with Crippen LogP contribution >= 0.6 is 31.8 Å². The molecule has 2 rings (SSSR count). The minimum Gasteiger partial charge on any atom is -0.494 e. The molecule has 0 saturated carbocycles. The first-order valence-electron chi connectivity index (χ1n) is 7.60. The average Bonchev–Trinajstić information content (AvgIpc) is 2.53. The van der Waals surface area contributed by atoms with Crippen LogP contribution in [0.4, 0.5) is 0 Å². The number of ether oxygens (including phenoxy) is 1. The zero-order valence-corrected chi connectivity index (χ0v) is 16.5. The van der Waals surface area contributed by atoms with E-state index in [0.29, 0.717) is 15.6 Å². The molecule has 123 valence electrons. The fourth-order valence-corrected chi connectivity index (χ4v) is 3.80. The predicted octanol–water partition coefficient (Wildman–Crippen LogP) is 5.33. The smallest absolute Gasteiger partial charge is 0.188 e. The Balaban J connectivity index is 0.00000288. The van der Waals surface area contributed by atoms with Gasteiger partial charge in [0, 0.05) is 18.9 Å². The van der Waals surface area contributed by atoms with Gasteiger partial charge in [0.15, 0.2) is 5.52 Å². The van der Waals surface area contributed by atoms with Crippen molar-refractivity contribution in [3.05, 3.63) is 58.1 Å². The maximum Gasteiger partial charge on any atom is 0.188 e. The van der Waals surface area contributed by atoms with Crippen molar-refractivity contribution in [1.82, 2.24) is 0 Å². The summed E-state index contributed by atoms with van der Waals surface area (Å²) in [6.45, 7) is 2.89. The SMILES string of the molecule is CCCCCOc1ccc(PC(=O)c2c(Cl)cccc2Cl)cc1.[Li]. The van der Waals surface area contributed by atoms with Crippen LogP contribution < -0.4 is 10.0 Å². The third-order valence-electron chi connectivity index (χ3n) is 3.32. The second-order valence-corrected chi connectivity index (χ2v) is 7.23. The molecule has 2 aromatic carbocycles. The van der Waals surface area contributed by atoms with Gasteiger partial charge in [-0.1, -0.05) is 61.2 Å². The molecular formula is C18H19Cl2LiO2P. The first-order valence-corrected chi connectivity index (χ1v) is 9.35. The summed E-state index contributed by atoms with van der Waals surface area (Å²) in [4.78, 5) is 12.4. The van der Waals surface area contributed by atoms with Crippen LogP contribution in [0.5, 0.6) is 5.75 Å². The molecule has 0 aliphatic rings. The van der Waals surface area contributed by atoms with Crippen molar-refractivity contribution >= 4 is 61.5 Å². The van der Waals surface area contributed by atoms with Crippen molar-refractivity contribution in [3.8, 4) is 5.75 Å². The quantitative estimate of drug-likeness (QED) is 0.354. The Hall–Kier alpha value is -0.483. The van der Waals surface area contributed by atoms with Crippen LogP contribution in [0, 0.1) is 0 Å². The molecule has 0 amide bonds. The normalized spacial score (nSPS) is 10.6. The van der Waals surface area contributed by atoms with Gasteiger partial charge in [-0.2, -0.15) is 0 Å². The van der Waals surface area contributed by atoms with E-state index in [1.165, 1.54) is 12.8 Å². The fraction of sp³-hybridized carbons (Fsp3) is 0.278. The summed E-state index contributed by atoms with van der Waals surface area (Å²) in [5.74, 6) is 0.831. The van der Waals surface area contributed by atoms with Crippen molar-refractivity contribution in [2.75, 3.05) is 6.61 Å². The van der Waals surface area contributed by atoms with Crippen molar-refractivity contribution in [2.24, 2.45) is 0 Å². The van der Waals surface area contributed by atoms with Crippen molar-refractivity contribution < 1.29 is 9.53 Å². The largest absolute Gasteiger partial charge is 0.494 e. The Morgan fingerprint density at radius 3 is 2.25 bits per heavy atom. The Morgan fingerprint density at radius 1 is 1.04 bits per heavy atom. The molecule has 2 nitrogen and oxygen atoms in total. The molecule has 1 radical (unpaired) electrons. The van der Waals surface area contributed by atoms with E-state index >= 15 is 0 Å².